The summed E-state index contributed by atoms with van der Waals surface area (Å²) in [6, 6.07) is 20.9. The summed E-state index contributed by atoms with van der Waals surface area (Å²) in [5.74, 6) is -2.73. The lowest BCUT2D eigenvalue weighted by atomic mass is 9.86. The summed E-state index contributed by atoms with van der Waals surface area (Å²) in [4.78, 5) is 55.3. The molecule has 3 aliphatic heterocycles. The van der Waals surface area contributed by atoms with E-state index in [9.17, 15) is 24.5 Å². The van der Waals surface area contributed by atoms with Gasteiger partial charge in [0, 0.05) is 23.4 Å². The Morgan fingerprint density at radius 2 is 1.61 bits per heavy atom. The van der Waals surface area contributed by atoms with Crippen molar-refractivity contribution < 1.29 is 19.3 Å². The number of carbonyl (C=O) groups is 3. The third-order valence-electron chi connectivity index (χ3n) is 7.30. The third-order valence-corrected chi connectivity index (χ3v) is 7.30. The minimum atomic E-state index is -0.967. The summed E-state index contributed by atoms with van der Waals surface area (Å²) < 4.78 is 0. The van der Waals surface area contributed by atoms with Gasteiger partial charge in [-0.25, -0.2) is 0 Å². The molecule has 8 nitrogen and oxygen atoms in total. The number of likely N-dealkylation sites (tertiary alicyclic amines) is 1. The van der Waals surface area contributed by atoms with Crippen LogP contribution in [0.2, 0.25) is 0 Å². The van der Waals surface area contributed by atoms with Crippen molar-refractivity contribution in [1.29, 1.82) is 0 Å². The first-order chi connectivity index (χ1) is 17.5. The van der Waals surface area contributed by atoms with Crippen molar-refractivity contribution in [2.24, 2.45) is 11.8 Å². The number of anilines is 1. The van der Waals surface area contributed by atoms with E-state index in [4.69, 9.17) is 0 Å². The van der Waals surface area contributed by atoms with Crippen LogP contribution in [0.15, 0.2) is 84.9 Å². The maximum atomic E-state index is 14.0. The molecule has 2 saturated heterocycles. The Kier molecular flexibility index (Phi) is 5.03. The van der Waals surface area contributed by atoms with Crippen molar-refractivity contribution in [3.8, 4) is 0 Å². The average molecular weight is 479 g/mol. The summed E-state index contributed by atoms with van der Waals surface area (Å²) >= 11 is 0. The fraction of sp³-hybridized carbons (Fsp3) is 0.179. The largest absolute Gasteiger partial charge is 0.352 e. The SMILES string of the molecule is O=C(c1cccc([N+](=O)[O-])c1)[C@@H]1[C@@H]2C(=O)N(Cc3ccccc3)C(=O)[C@@H]2[C@@H]2C=Cc3ccccc3N12. The van der Waals surface area contributed by atoms with Crippen molar-refractivity contribution >= 4 is 35.0 Å². The monoisotopic (exact) mass is 479 g/mol. The van der Waals surface area contributed by atoms with E-state index in [0.717, 1.165) is 16.8 Å². The molecule has 3 aliphatic rings. The highest BCUT2D eigenvalue weighted by Gasteiger charge is 2.63. The number of para-hydroxylation sites is 1. The van der Waals surface area contributed by atoms with Gasteiger partial charge >= 0.3 is 0 Å². The lowest BCUT2D eigenvalue weighted by Gasteiger charge is -2.36. The lowest BCUT2D eigenvalue weighted by molar-refractivity contribution is -0.384. The van der Waals surface area contributed by atoms with Gasteiger partial charge in [0.2, 0.25) is 11.8 Å². The van der Waals surface area contributed by atoms with E-state index in [1.807, 2.05) is 71.6 Å². The molecule has 0 aliphatic carbocycles. The second-order valence-electron chi connectivity index (χ2n) is 9.23. The first-order valence-electron chi connectivity index (χ1n) is 11.7. The van der Waals surface area contributed by atoms with Crippen molar-refractivity contribution in [1.82, 2.24) is 4.90 Å². The van der Waals surface area contributed by atoms with E-state index >= 15 is 0 Å². The Balaban J connectivity index is 1.45. The van der Waals surface area contributed by atoms with Crippen molar-refractivity contribution in [2.75, 3.05) is 4.90 Å². The fourth-order valence-corrected chi connectivity index (χ4v) is 5.74. The second kappa shape index (κ2) is 8.27. The highest BCUT2D eigenvalue weighted by Crippen LogP contribution is 2.49. The van der Waals surface area contributed by atoms with Gasteiger partial charge in [-0.1, -0.05) is 72.8 Å². The third kappa shape index (κ3) is 3.25. The van der Waals surface area contributed by atoms with E-state index in [2.05, 4.69) is 0 Å². The number of nitro groups is 1. The topological polar surface area (TPSA) is 101 Å². The molecule has 4 atom stereocenters. The van der Waals surface area contributed by atoms with Crippen LogP contribution < -0.4 is 4.90 Å². The minimum Gasteiger partial charge on any atom is -0.352 e. The van der Waals surface area contributed by atoms with Gasteiger partial charge in [0.25, 0.3) is 5.69 Å². The van der Waals surface area contributed by atoms with Gasteiger partial charge in [-0.2, -0.15) is 0 Å². The lowest BCUT2D eigenvalue weighted by Crippen LogP contribution is -2.48. The molecule has 2 fully saturated rings. The van der Waals surface area contributed by atoms with E-state index < -0.39 is 40.5 Å². The smallest absolute Gasteiger partial charge is 0.270 e. The Morgan fingerprint density at radius 3 is 2.39 bits per heavy atom. The zero-order chi connectivity index (χ0) is 25.0. The van der Waals surface area contributed by atoms with Crippen LogP contribution in [-0.4, -0.2) is 39.5 Å². The fourth-order valence-electron chi connectivity index (χ4n) is 5.74. The Morgan fingerprint density at radius 1 is 0.889 bits per heavy atom. The van der Waals surface area contributed by atoms with Gasteiger partial charge < -0.3 is 4.90 Å². The number of carbonyl (C=O) groups excluding carboxylic acids is 3. The average Bonchev–Trinajstić information content (AvgIpc) is 3.37. The molecule has 0 unspecified atom stereocenters. The summed E-state index contributed by atoms with van der Waals surface area (Å²) in [7, 11) is 0. The van der Waals surface area contributed by atoms with Crippen LogP contribution in [0, 0.1) is 22.0 Å². The number of non-ortho nitro benzene ring substituents is 1. The molecule has 6 rings (SSSR count). The van der Waals surface area contributed by atoms with Crippen molar-refractivity contribution in [2.45, 2.75) is 18.6 Å². The minimum absolute atomic E-state index is 0.135. The maximum absolute atomic E-state index is 14.0. The number of rotatable bonds is 5. The zero-order valence-electron chi connectivity index (χ0n) is 19.1. The van der Waals surface area contributed by atoms with Gasteiger partial charge in [-0.3, -0.25) is 29.4 Å². The molecule has 0 spiro atoms. The molecule has 0 aromatic heterocycles. The van der Waals surface area contributed by atoms with Gasteiger partial charge in [0.1, 0.15) is 6.04 Å². The Labute approximate surface area is 206 Å². The number of ketones is 1. The molecular formula is C28H21N3O5. The van der Waals surface area contributed by atoms with Crippen molar-refractivity contribution in [3.63, 3.8) is 0 Å². The van der Waals surface area contributed by atoms with Crippen LogP contribution in [0.25, 0.3) is 6.08 Å². The molecule has 3 aromatic rings. The zero-order valence-corrected chi connectivity index (χ0v) is 19.1. The molecule has 0 saturated carbocycles. The predicted molar refractivity (Wildman–Crippen MR) is 132 cm³/mol. The maximum Gasteiger partial charge on any atom is 0.270 e. The number of hydrogen-bond donors (Lipinski definition) is 0. The molecule has 8 heteroatoms. The van der Waals surface area contributed by atoms with E-state index in [-0.39, 0.29) is 23.7 Å². The summed E-state index contributed by atoms with van der Waals surface area (Å²) in [6.07, 6.45) is 3.81. The number of nitro benzene ring substituents is 1. The Bertz CT molecular complexity index is 1450. The standard InChI is InChI=1S/C28H21N3O5/c32-26(19-10-6-11-20(15-19)31(35)36)25-24-23(22-14-13-18-9-4-5-12-21(18)30(22)25)27(33)29(28(24)34)16-17-7-2-1-3-8-17/h1-15,22-25H,16H2/t22-,23+,24+,25-/m0/s1. The van der Waals surface area contributed by atoms with E-state index in [0.29, 0.717) is 0 Å². The van der Waals surface area contributed by atoms with Gasteiger partial charge in [0.05, 0.1) is 29.3 Å². The molecule has 2 amide bonds. The van der Waals surface area contributed by atoms with Gasteiger partial charge in [-0.05, 0) is 17.2 Å². The predicted octanol–water partition coefficient (Wildman–Crippen LogP) is 3.86. The van der Waals surface area contributed by atoms with Crippen LogP contribution in [0.4, 0.5) is 11.4 Å². The first kappa shape index (κ1) is 21.9. The molecule has 0 N–H and O–H groups in total. The Hall–Kier alpha value is -4.59. The van der Waals surface area contributed by atoms with Crippen LogP contribution >= 0.6 is 0 Å². The highest BCUT2D eigenvalue weighted by molar-refractivity contribution is 6.14. The molecule has 178 valence electrons. The number of hydrogen-bond acceptors (Lipinski definition) is 6. The highest BCUT2D eigenvalue weighted by atomic mass is 16.6. The molecule has 0 radical (unpaired) electrons. The van der Waals surface area contributed by atoms with E-state index in [1.54, 1.807) is 0 Å². The quantitative estimate of drug-likeness (QED) is 0.238. The number of nitrogens with zero attached hydrogens (tertiary/aromatic N) is 3. The summed E-state index contributed by atoms with van der Waals surface area (Å²) in [6.45, 7) is 0.135. The van der Waals surface area contributed by atoms with Crippen LogP contribution in [-0.2, 0) is 16.1 Å². The van der Waals surface area contributed by atoms with E-state index in [1.165, 1.54) is 29.2 Å². The molecular weight excluding hydrogens is 458 g/mol. The van der Waals surface area contributed by atoms with Crippen LogP contribution in [0.5, 0.6) is 0 Å². The molecule has 3 heterocycles. The van der Waals surface area contributed by atoms with Crippen LogP contribution in [0.1, 0.15) is 21.5 Å². The number of amides is 2. The van der Waals surface area contributed by atoms with Gasteiger partial charge in [-0.15, -0.1) is 0 Å². The normalized spacial score (nSPS) is 23.9. The molecule has 3 aromatic carbocycles. The van der Waals surface area contributed by atoms with Crippen molar-refractivity contribution in [3.05, 3.63) is 112 Å². The molecule has 36 heavy (non-hydrogen) atoms. The summed E-state index contributed by atoms with van der Waals surface area (Å²) in [5.41, 5.74) is 2.40. The number of imide groups is 1. The number of benzene rings is 3. The number of fused-ring (bicyclic) bond motifs is 5. The first-order valence-corrected chi connectivity index (χ1v) is 11.7. The number of Topliss-reactive ketones (excluding diaryl/α,β-unsaturated/α-hetero) is 1. The molecule has 0 bridgehead atoms. The summed E-state index contributed by atoms with van der Waals surface area (Å²) in [5, 5.41) is 11.4. The van der Waals surface area contributed by atoms with Gasteiger partial charge in [0.15, 0.2) is 5.78 Å². The van der Waals surface area contributed by atoms with Crippen LogP contribution in [0.3, 0.4) is 0 Å². The second-order valence-corrected chi connectivity index (χ2v) is 9.23.